The minimum atomic E-state index is 0.495. The molecule has 2 N–H and O–H groups in total. The van der Waals surface area contributed by atoms with Gasteiger partial charge in [-0.25, -0.2) is 4.98 Å². The van der Waals surface area contributed by atoms with Gasteiger partial charge in [0.05, 0.1) is 6.61 Å². The molecule has 1 aromatic carbocycles. The highest BCUT2D eigenvalue weighted by molar-refractivity contribution is 6.29. The number of ether oxygens (including phenoxy) is 1. The number of rotatable bonds is 7. The number of halogens is 1. The summed E-state index contributed by atoms with van der Waals surface area (Å²) in [6.07, 6.45) is 2.63. The number of aromatic nitrogens is 1. The van der Waals surface area contributed by atoms with Crippen LogP contribution in [0.3, 0.4) is 0 Å². The van der Waals surface area contributed by atoms with Crippen molar-refractivity contribution < 1.29 is 4.74 Å². The summed E-state index contributed by atoms with van der Waals surface area (Å²) in [6, 6.07) is 13.5. The van der Waals surface area contributed by atoms with E-state index >= 15 is 0 Å². The second-order valence-electron chi connectivity index (χ2n) is 4.86. The van der Waals surface area contributed by atoms with E-state index in [0.717, 1.165) is 30.2 Å². The van der Waals surface area contributed by atoms with Crippen molar-refractivity contribution in [2.45, 2.75) is 13.0 Å². The molecule has 0 atom stereocenters. The number of pyridine rings is 1. The van der Waals surface area contributed by atoms with Gasteiger partial charge in [0.1, 0.15) is 10.9 Å². The molecule has 0 amide bonds. The first kappa shape index (κ1) is 17.1. The van der Waals surface area contributed by atoms with Crippen LogP contribution < -0.4 is 15.4 Å². The van der Waals surface area contributed by atoms with Gasteiger partial charge in [0.25, 0.3) is 0 Å². The Kier molecular flexibility index (Phi) is 7.20. The van der Waals surface area contributed by atoms with E-state index < -0.39 is 0 Å². The molecule has 2 rings (SSSR count). The van der Waals surface area contributed by atoms with Crippen LogP contribution in [0.25, 0.3) is 0 Å². The van der Waals surface area contributed by atoms with Gasteiger partial charge in [0.2, 0.25) is 0 Å². The number of aliphatic imine (C=N–C) groups is 1. The highest BCUT2D eigenvalue weighted by Crippen LogP contribution is 2.08. The Morgan fingerprint density at radius 1 is 1.17 bits per heavy atom. The monoisotopic (exact) mass is 332 g/mol. The van der Waals surface area contributed by atoms with Gasteiger partial charge in [-0.2, -0.15) is 0 Å². The minimum absolute atomic E-state index is 0.495. The van der Waals surface area contributed by atoms with Crippen molar-refractivity contribution in [3.8, 4) is 5.75 Å². The van der Waals surface area contributed by atoms with E-state index in [4.69, 9.17) is 16.3 Å². The van der Waals surface area contributed by atoms with Crippen LogP contribution in [0.15, 0.2) is 53.7 Å². The first-order chi connectivity index (χ1) is 11.3. The van der Waals surface area contributed by atoms with Gasteiger partial charge < -0.3 is 15.4 Å². The molecule has 122 valence electrons. The van der Waals surface area contributed by atoms with Crippen molar-refractivity contribution in [3.63, 3.8) is 0 Å². The predicted molar refractivity (Wildman–Crippen MR) is 94.0 cm³/mol. The van der Waals surface area contributed by atoms with Crippen LogP contribution >= 0.6 is 11.6 Å². The molecular formula is C17H21ClN4O. The molecule has 0 fully saturated rings. The van der Waals surface area contributed by atoms with E-state index in [1.54, 1.807) is 19.3 Å². The van der Waals surface area contributed by atoms with E-state index in [-0.39, 0.29) is 0 Å². The number of para-hydroxylation sites is 1. The zero-order valence-corrected chi connectivity index (χ0v) is 13.9. The Hall–Kier alpha value is -2.27. The smallest absolute Gasteiger partial charge is 0.191 e. The minimum Gasteiger partial charge on any atom is -0.494 e. The third kappa shape index (κ3) is 6.57. The number of benzene rings is 1. The molecule has 6 heteroatoms. The van der Waals surface area contributed by atoms with E-state index in [9.17, 15) is 0 Å². The molecule has 1 heterocycles. The third-order valence-corrected chi connectivity index (χ3v) is 3.32. The Bertz CT molecular complexity index is 602. The van der Waals surface area contributed by atoms with Crippen molar-refractivity contribution in [2.75, 3.05) is 20.2 Å². The molecule has 0 aliphatic rings. The van der Waals surface area contributed by atoms with Crippen LogP contribution in [0, 0.1) is 0 Å². The van der Waals surface area contributed by atoms with Gasteiger partial charge >= 0.3 is 0 Å². The Labute approximate surface area is 141 Å². The lowest BCUT2D eigenvalue weighted by molar-refractivity contribution is 0.311. The van der Waals surface area contributed by atoms with Crippen LogP contribution in [0.1, 0.15) is 12.0 Å². The molecule has 2 aromatic rings. The molecule has 0 saturated heterocycles. The average Bonchev–Trinajstić information content (AvgIpc) is 2.59. The molecule has 23 heavy (non-hydrogen) atoms. The number of nitrogens with one attached hydrogen (secondary N) is 2. The molecule has 5 nitrogen and oxygen atoms in total. The van der Waals surface area contributed by atoms with Crippen molar-refractivity contribution in [2.24, 2.45) is 4.99 Å². The Morgan fingerprint density at radius 2 is 2.00 bits per heavy atom. The number of nitrogens with zero attached hydrogens (tertiary/aromatic N) is 2. The first-order valence-electron chi connectivity index (χ1n) is 7.51. The summed E-state index contributed by atoms with van der Waals surface area (Å²) in [6.45, 7) is 2.09. The van der Waals surface area contributed by atoms with E-state index in [1.165, 1.54) is 0 Å². The summed E-state index contributed by atoms with van der Waals surface area (Å²) < 4.78 is 5.64. The first-order valence-corrected chi connectivity index (χ1v) is 7.88. The van der Waals surface area contributed by atoms with Crippen LogP contribution in [-0.2, 0) is 6.54 Å². The topological polar surface area (TPSA) is 58.5 Å². The molecule has 0 bridgehead atoms. The van der Waals surface area contributed by atoms with Gasteiger partial charge in [0.15, 0.2) is 5.96 Å². The lowest BCUT2D eigenvalue weighted by Crippen LogP contribution is -2.37. The van der Waals surface area contributed by atoms with E-state index in [2.05, 4.69) is 20.6 Å². The lowest BCUT2D eigenvalue weighted by Gasteiger charge is -2.12. The van der Waals surface area contributed by atoms with Crippen LogP contribution in [0.4, 0.5) is 0 Å². The summed E-state index contributed by atoms with van der Waals surface area (Å²) in [5.41, 5.74) is 1.05. The fraction of sp³-hybridized carbons (Fsp3) is 0.294. The Morgan fingerprint density at radius 3 is 2.70 bits per heavy atom. The SMILES string of the molecule is CN=C(NCCCOc1ccccc1)NCc1ccc(Cl)nc1. The molecular weight excluding hydrogens is 312 g/mol. The molecule has 1 aromatic heterocycles. The molecule has 0 saturated carbocycles. The van der Waals surface area contributed by atoms with Gasteiger partial charge in [-0.05, 0) is 30.2 Å². The van der Waals surface area contributed by atoms with Crippen molar-refractivity contribution in [1.82, 2.24) is 15.6 Å². The maximum absolute atomic E-state index is 5.76. The fourth-order valence-corrected chi connectivity index (χ4v) is 2.01. The van der Waals surface area contributed by atoms with Crippen molar-refractivity contribution in [1.29, 1.82) is 0 Å². The second kappa shape index (κ2) is 9.69. The van der Waals surface area contributed by atoms with Gasteiger partial charge in [-0.3, -0.25) is 4.99 Å². The zero-order valence-electron chi connectivity index (χ0n) is 13.1. The normalized spacial score (nSPS) is 11.1. The molecule has 0 radical (unpaired) electrons. The fourth-order valence-electron chi connectivity index (χ4n) is 1.90. The van der Waals surface area contributed by atoms with Crippen LogP contribution in [0.2, 0.25) is 5.15 Å². The largest absolute Gasteiger partial charge is 0.494 e. The van der Waals surface area contributed by atoms with Crippen molar-refractivity contribution >= 4 is 17.6 Å². The molecule has 0 unspecified atom stereocenters. The Balaban J connectivity index is 1.62. The van der Waals surface area contributed by atoms with E-state index in [1.807, 2.05) is 36.4 Å². The lowest BCUT2D eigenvalue weighted by atomic mass is 10.3. The van der Waals surface area contributed by atoms with Crippen LogP contribution in [0.5, 0.6) is 5.75 Å². The van der Waals surface area contributed by atoms with Gasteiger partial charge in [-0.15, -0.1) is 0 Å². The predicted octanol–water partition coefficient (Wildman–Crippen LogP) is 2.87. The zero-order chi connectivity index (χ0) is 16.3. The highest BCUT2D eigenvalue weighted by atomic mass is 35.5. The second-order valence-corrected chi connectivity index (χ2v) is 5.24. The number of guanidine groups is 1. The molecule has 0 spiro atoms. The summed E-state index contributed by atoms with van der Waals surface area (Å²) in [7, 11) is 1.75. The quantitative estimate of drug-likeness (QED) is 0.354. The standard InChI is InChI=1S/C17H21ClN4O/c1-19-17(22-13-14-8-9-16(18)21-12-14)20-10-5-11-23-15-6-3-2-4-7-15/h2-4,6-9,12H,5,10-11,13H2,1H3,(H2,19,20,22). The average molecular weight is 333 g/mol. The number of hydrogen-bond acceptors (Lipinski definition) is 3. The van der Waals surface area contributed by atoms with Crippen LogP contribution in [-0.4, -0.2) is 31.1 Å². The molecule has 0 aliphatic heterocycles. The highest BCUT2D eigenvalue weighted by Gasteiger charge is 1.99. The molecule has 0 aliphatic carbocycles. The van der Waals surface area contributed by atoms with Gasteiger partial charge in [0, 0.05) is 26.3 Å². The maximum atomic E-state index is 5.76. The maximum Gasteiger partial charge on any atom is 0.191 e. The number of hydrogen-bond donors (Lipinski definition) is 2. The summed E-state index contributed by atoms with van der Waals surface area (Å²) in [5.74, 6) is 1.64. The van der Waals surface area contributed by atoms with E-state index in [0.29, 0.717) is 18.3 Å². The summed E-state index contributed by atoms with van der Waals surface area (Å²) in [4.78, 5) is 8.23. The van der Waals surface area contributed by atoms with Gasteiger partial charge in [-0.1, -0.05) is 35.9 Å². The summed E-state index contributed by atoms with van der Waals surface area (Å²) in [5, 5.41) is 6.97. The third-order valence-electron chi connectivity index (χ3n) is 3.10. The summed E-state index contributed by atoms with van der Waals surface area (Å²) >= 11 is 5.76. The van der Waals surface area contributed by atoms with Crippen molar-refractivity contribution in [3.05, 3.63) is 59.4 Å².